The molecule has 3 atom stereocenters. The van der Waals surface area contributed by atoms with Crippen LogP contribution in [0.3, 0.4) is 0 Å². The minimum absolute atomic E-state index is 0.000554. The van der Waals surface area contributed by atoms with Gasteiger partial charge in [0.05, 0.1) is 18.8 Å². The number of carbonyl (C=O) groups is 1. The zero-order valence-corrected chi connectivity index (χ0v) is 24.2. The number of rotatable bonds is 11. The lowest BCUT2D eigenvalue weighted by Gasteiger charge is -2.36. The van der Waals surface area contributed by atoms with E-state index >= 15 is 0 Å². The average molecular weight is 587 g/mol. The molecular weight excluding hydrogens is 552 g/mol. The van der Waals surface area contributed by atoms with Crippen molar-refractivity contribution < 1.29 is 24.1 Å². The Kier molecular flexibility index (Phi) is 10.0. The molecule has 1 aromatic heterocycles. The molecular formula is C32H34N4O5S. The van der Waals surface area contributed by atoms with E-state index < -0.39 is 12.4 Å². The number of benzene rings is 3. The van der Waals surface area contributed by atoms with Gasteiger partial charge in [-0.3, -0.25) is 0 Å². The number of aliphatic hydroxyl groups excluding tert-OH is 1. The van der Waals surface area contributed by atoms with Crippen molar-refractivity contribution in [2.24, 2.45) is 7.05 Å². The van der Waals surface area contributed by atoms with E-state index in [9.17, 15) is 9.90 Å². The smallest absolute Gasteiger partial charge is 0.407 e. The van der Waals surface area contributed by atoms with E-state index in [4.69, 9.17) is 14.2 Å². The molecule has 0 saturated carbocycles. The number of hydrogen-bond acceptors (Lipinski definition) is 8. The standard InChI is InChI=1S/C32H34N4O5S/c1-3-16-39-32(38)33-18-26-6-4-5-7-28(26)23-12-14-25(15-13-23)30-40-27(20-42-31-35-34-21-36(31)2)17-29(41-30)24-10-8-22(19-37)9-11-24/h3-15,21,27,29-30,37H,1,16-20H2,2H3,(H,33,38)/t27-,29+,30+/m1/s1. The van der Waals surface area contributed by atoms with Crippen molar-refractivity contribution in [3.8, 4) is 11.1 Å². The SMILES string of the molecule is C=CCOC(=O)NCc1ccccc1-c1ccc([C@H]2O[C@@H](CSc3nncn3C)C[C@@H](c3ccc(CO)cc3)O2)cc1. The van der Waals surface area contributed by atoms with Crippen LogP contribution in [0.25, 0.3) is 11.1 Å². The Morgan fingerprint density at radius 1 is 1.12 bits per heavy atom. The zero-order valence-electron chi connectivity index (χ0n) is 23.4. The Bertz CT molecular complexity index is 1480. The molecule has 1 amide bonds. The molecule has 1 aliphatic heterocycles. The number of nitrogens with zero attached hydrogens (tertiary/aromatic N) is 3. The van der Waals surface area contributed by atoms with Gasteiger partial charge in [0.1, 0.15) is 12.9 Å². The number of carbonyl (C=O) groups excluding carboxylic acids is 1. The molecule has 10 heteroatoms. The number of aliphatic hydroxyl groups is 1. The van der Waals surface area contributed by atoms with Gasteiger partial charge >= 0.3 is 6.09 Å². The van der Waals surface area contributed by atoms with Crippen LogP contribution in [0.4, 0.5) is 4.79 Å². The van der Waals surface area contributed by atoms with Crippen molar-refractivity contribution in [2.75, 3.05) is 12.4 Å². The number of nitrogens with one attached hydrogen (secondary N) is 1. The summed E-state index contributed by atoms with van der Waals surface area (Å²) in [4.78, 5) is 11.9. The van der Waals surface area contributed by atoms with Gasteiger partial charge in [0, 0.05) is 31.3 Å². The Morgan fingerprint density at radius 3 is 2.60 bits per heavy atom. The molecule has 0 spiro atoms. The predicted octanol–water partition coefficient (Wildman–Crippen LogP) is 5.72. The normalized spacial score (nSPS) is 18.4. The summed E-state index contributed by atoms with van der Waals surface area (Å²) in [5.74, 6) is 0.700. The van der Waals surface area contributed by atoms with Gasteiger partial charge in [0.25, 0.3) is 0 Å². The summed E-state index contributed by atoms with van der Waals surface area (Å²) in [7, 11) is 1.92. The summed E-state index contributed by atoms with van der Waals surface area (Å²) in [6.45, 7) is 4.06. The molecule has 0 bridgehead atoms. The summed E-state index contributed by atoms with van der Waals surface area (Å²) < 4.78 is 19.9. The lowest BCUT2D eigenvalue weighted by atomic mass is 9.98. The largest absolute Gasteiger partial charge is 0.445 e. The first kappa shape index (κ1) is 29.5. The van der Waals surface area contributed by atoms with Crippen LogP contribution in [0, 0.1) is 0 Å². The molecule has 218 valence electrons. The highest BCUT2D eigenvalue weighted by Crippen LogP contribution is 2.39. The van der Waals surface area contributed by atoms with E-state index in [0.29, 0.717) is 18.7 Å². The van der Waals surface area contributed by atoms with E-state index in [1.165, 1.54) is 6.08 Å². The summed E-state index contributed by atoms with van der Waals surface area (Å²) in [6, 6.07) is 23.9. The number of amides is 1. The minimum atomic E-state index is -0.558. The Labute approximate surface area is 249 Å². The Hall–Kier alpha value is -3.96. The van der Waals surface area contributed by atoms with Crippen LogP contribution in [0.15, 0.2) is 96.9 Å². The molecule has 42 heavy (non-hydrogen) atoms. The highest BCUT2D eigenvalue weighted by Gasteiger charge is 2.32. The third-order valence-corrected chi connectivity index (χ3v) is 8.12. The number of alkyl carbamates (subject to hydrolysis) is 1. The summed E-state index contributed by atoms with van der Waals surface area (Å²) in [6.07, 6.45) is 2.60. The van der Waals surface area contributed by atoms with E-state index in [2.05, 4.69) is 22.1 Å². The van der Waals surface area contributed by atoms with Gasteiger partial charge in [0.2, 0.25) is 0 Å². The van der Waals surface area contributed by atoms with Gasteiger partial charge in [-0.05, 0) is 27.8 Å². The first-order chi connectivity index (χ1) is 20.5. The van der Waals surface area contributed by atoms with Crippen molar-refractivity contribution in [3.05, 3.63) is 114 Å². The van der Waals surface area contributed by atoms with Gasteiger partial charge in [-0.2, -0.15) is 0 Å². The zero-order chi connectivity index (χ0) is 29.3. The van der Waals surface area contributed by atoms with E-state index in [0.717, 1.165) is 38.5 Å². The average Bonchev–Trinajstić information content (AvgIpc) is 3.46. The lowest BCUT2D eigenvalue weighted by Crippen LogP contribution is -2.31. The highest BCUT2D eigenvalue weighted by molar-refractivity contribution is 7.99. The van der Waals surface area contributed by atoms with Crippen LogP contribution in [-0.4, -0.2) is 44.4 Å². The number of ether oxygens (including phenoxy) is 3. The second-order valence-corrected chi connectivity index (χ2v) is 10.9. The molecule has 2 N–H and O–H groups in total. The maximum Gasteiger partial charge on any atom is 0.407 e. The van der Waals surface area contributed by atoms with Crippen LogP contribution >= 0.6 is 11.8 Å². The quantitative estimate of drug-likeness (QED) is 0.170. The molecule has 0 radical (unpaired) electrons. The predicted molar refractivity (Wildman–Crippen MR) is 160 cm³/mol. The second-order valence-electron chi connectivity index (χ2n) is 9.91. The first-order valence-electron chi connectivity index (χ1n) is 13.7. The summed E-state index contributed by atoms with van der Waals surface area (Å²) in [5, 5.41) is 21.2. The fraction of sp³-hybridized carbons (Fsp3) is 0.281. The fourth-order valence-corrected chi connectivity index (χ4v) is 5.63. The summed E-state index contributed by atoms with van der Waals surface area (Å²) in [5.41, 5.74) is 5.80. The lowest BCUT2D eigenvalue weighted by molar-refractivity contribution is -0.245. The van der Waals surface area contributed by atoms with Crippen LogP contribution in [0.1, 0.15) is 41.1 Å². The first-order valence-corrected chi connectivity index (χ1v) is 14.7. The van der Waals surface area contributed by atoms with Crippen molar-refractivity contribution in [1.29, 1.82) is 0 Å². The number of aryl methyl sites for hydroxylation is 1. The van der Waals surface area contributed by atoms with E-state index in [1.54, 1.807) is 18.1 Å². The van der Waals surface area contributed by atoms with Crippen molar-refractivity contribution in [2.45, 2.75) is 43.2 Å². The molecule has 0 aliphatic carbocycles. The van der Waals surface area contributed by atoms with Gasteiger partial charge in [-0.1, -0.05) is 97.2 Å². The molecule has 3 aromatic carbocycles. The third kappa shape index (κ3) is 7.46. The molecule has 9 nitrogen and oxygen atoms in total. The Morgan fingerprint density at radius 2 is 1.88 bits per heavy atom. The van der Waals surface area contributed by atoms with E-state index in [1.807, 2.05) is 84.4 Å². The van der Waals surface area contributed by atoms with Gasteiger partial charge in [-0.15, -0.1) is 10.2 Å². The van der Waals surface area contributed by atoms with Gasteiger partial charge in [0.15, 0.2) is 11.4 Å². The topological polar surface area (TPSA) is 108 Å². The van der Waals surface area contributed by atoms with Crippen molar-refractivity contribution in [1.82, 2.24) is 20.1 Å². The van der Waals surface area contributed by atoms with Crippen molar-refractivity contribution in [3.63, 3.8) is 0 Å². The van der Waals surface area contributed by atoms with Crippen LogP contribution in [-0.2, 0) is 34.4 Å². The fourth-order valence-electron chi connectivity index (χ4n) is 4.72. The number of thioether (sulfide) groups is 1. The molecule has 1 aliphatic rings. The van der Waals surface area contributed by atoms with Gasteiger partial charge in [-0.25, -0.2) is 4.79 Å². The second kappa shape index (κ2) is 14.3. The molecule has 4 aromatic rings. The minimum Gasteiger partial charge on any atom is -0.445 e. The molecule has 2 heterocycles. The third-order valence-electron chi connectivity index (χ3n) is 6.95. The molecule has 0 unspecified atom stereocenters. The van der Waals surface area contributed by atoms with Crippen LogP contribution in [0.5, 0.6) is 0 Å². The molecule has 1 fully saturated rings. The maximum atomic E-state index is 11.9. The van der Waals surface area contributed by atoms with Crippen LogP contribution < -0.4 is 5.32 Å². The Balaban J connectivity index is 1.33. The monoisotopic (exact) mass is 586 g/mol. The maximum absolute atomic E-state index is 11.9. The van der Waals surface area contributed by atoms with E-state index in [-0.39, 0.29) is 25.4 Å². The highest BCUT2D eigenvalue weighted by atomic mass is 32.2. The van der Waals surface area contributed by atoms with Gasteiger partial charge < -0.3 is 29.2 Å². The molecule has 1 saturated heterocycles. The number of aromatic nitrogens is 3. The number of hydrogen-bond donors (Lipinski definition) is 2. The van der Waals surface area contributed by atoms with Crippen molar-refractivity contribution >= 4 is 17.9 Å². The molecule has 5 rings (SSSR count). The van der Waals surface area contributed by atoms with Crippen LogP contribution in [0.2, 0.25) is 0 Å². The summed E-state index contributed by atoms with van der Waals surface area (Å²) >= 11 is 1.60.